The summed E-state index contributed by atoms with van der Waals surface area (Å²) >= 11 is 11.7. The number of likely N-dealkylation sites (tertiary alicyclic amines) is 1. The van der Waals surface area contributed by atoms with Gasteiger partial charge < -0.3 is 10.0 Å². The van der Waals surface area contributed by atoms with Gasteiger partial charge in [-0.2, -0.15) is 0 Å². The fraction of sp³-hybridized carbons (Fsp3) is 0.500. The highest BCUT2D eigenvalue weighted by Crippen LogP contribution is 2.24. The maximum absolute atomic E-state index is 12.2. The molecule has 1 aromatic rings. The maximum atomic E-state index is 12.2. The standard InChI is InChI=1S/C12H14Cl2N2O2/c1-12(18)4-6-16(7-5-12)11(17)10-8(13)2-3-9(14)15-10/h2-3,18H,4-7H2,1H3. The Morgan fingerprint density at radius 1 is 1.39 bits per heavy atom. The second-order valence-corrected chi connectivity index (χ2v) is 5.55. The topological polar surface area (TPSA) is 53.4 Å². The van der Waals surface area contributed by atoms with E-state index in [1.54, 1.807) is 24.0 Å². The number of aliphatic hydroxyl groups is 1. The molecule has 98 valence electrons. The second-order valence-electron chi connectivity index (χ2n) is 4.75. The van der Waals surface area contributed by atoms with Gasteiger partial charge >= 0.3 is 0 Å². The predicted octanol–water partition coefficient (Wildman–Crippen LogP) is 2.38. The summed E-state index contributed by atoms with van der Waals surface area (Å²) < 4.78 is 0. The van der Waals surface area contributed by atoms with Crippen LogP contribution >= 0.6 is 23.2 Å². The van der Waals surface area contributed by atoms with E-state index >= 15 is 0 Å². The number of halogens is 2. The molecule has 6 heteroatoms. The van der Waals surface area contributed by atoms with Gasteiger partial charge in [0.25, 0.3) is 5.91 Å². The fourth-order valence-corrected chi connectivity index (χ4v) is 2.24. The van der Waals surface area contributed by atoms with Crippen LogP contribution in [0.5, 0.6) is 0 Å². The molecule has 0 unspecified atom stereocenters. The number of pyridine rings is 1. The van der Waals surface area contributed by atoms with Crippen LogP contribution in [0.15, 0.2) is 12.1 Å². The lowest BCUT2D eigenvalue weighted by Gasteiger charge is -2.35. The molecule has 0 atom stereocenters. The van der Waals surface area contributed by atoms with Crippen molar-refractivity contribution in [1.82, 2.24) is 9.88 Å². The third-order valence-corrected chi connectivity index (χ3v) is 3.66. The van der Waals surface area contributed by atoms with Gasteiger partial charge in [-0.05, 0) is 31.9 Å². The van der Waals surface area contributed by atoms with Crippen LogP contribution in [0.2, 0.25) is 10.2 Å². The Balaban J connectivity index is 2.15. The molecular weight excluding hydrogens is 275 g/mol. The normalized spacial score (nSPS) is 18.8. The van der Waals surface area contributed by atoms with Crippen molar-refractivity contribution >= 4 is 29.1 Å². The molecule has 1 amide bonds. The van der Waals surface area contributed by atoms with Crippen LogP contribution < -0.4 is 0 Å². The summed E-state index contributed by atoms with van der Waals surface area (Å²) in [6, 6.07) is 3.10. The number of carbonyl (C=O) groups is 1. The van der Waals surface area contributed by atoms with E-state index in [0.29, 0.717) is 31.0 Å². The summed E-state index contributed by atoms with van der Waals surface area (Å²) in [6.45, 7) is 2.77. The van der Waals surface area contributed by atoms with Crippen LogP contribution in [0, 0.1) is 0 Å². The summed E-state index contributed by atoms with van der Waals surface area (Å²) in [6.07, 6.45) is 1.11. The number of piperidine rings is 1. The number of hydrogen-bond acceptors (Lipinski definition) is 3. The van der Waals surface area contributed by atoms with Gasteiger partial charge in [0.05, 0.1) is 10.6 Å². The SMILES string of the molecule is CC1(O)CCN(C(=O)c2nc(Cl)ccc2Cl)CC1. The molecule has 1 fully saturated rings. The van der Waals surface area contributed by atoms with Crippen molar-refractivity contribution in [3.63, 3.8) is 0 Å². The van der Waals surface area contributed by atoms with Gasteiger partial charge in [-0.25, -0.2) is 4.98 Å². The van der Waals surface area contributed by atoms with Gasteiger partial charge in [0.15, 0.2) is 0 Å². The molecule has 4 nitrogen and oxygen atoms in total. The minimum Gasteiger partial charge on any atom is -0.390 e. The Morgan fingerprint density at radius 3 is 2.61 bits per heavy atom. The molecular formula is C12H14Cl2N2O2. The molecule has 0 saturated carbocycles. The Morgan fingerprint density at radius 2 is 2.00 bits per heavy atom. The summed E-state index contributed by atoms with van der Waals surface area (Å²) in [5, 5.41) is 10.4. The summed E-state index contributed by atoms with van der Waals surface area (Å²) in [5.41, 5.74) is -0.520. The van der Waals surface area contributed by atoms with Crippen molar-refractivity contribution < 1.29 is 9.90 Å². The molecule has 2 rings (SSSR count). The first kappa shape index (κ1) is 13.6. The van der Waals surface area contributed by atoms with E-state index in [4.69, 9.17) is 23.2 Å². The van der Waals surface area contributed by atoms with Gasteiger partial charge in [0.2, 0.25) is 0 Å². The highest BCUT2D eigenvalue weighted by molar-refractivity contribution is 6.34. The van der Waals surface area contributed by atoms with Crippen LogP contribution in [0.25, 0.3) is 0 Å². The first-order valence-corrected chi connectivity index (χ1v) is 6.48. The second kappa shape index (κ2) is 5.03. The lowest BCUT2D eigenvalue weighted by atomic mass is 9.94. The smallest absolute Gasteiger partial charge is 0.274 e. The molecule has 1 saturated heterocycles. The highest BCUT2D eigenvalue weighted by Gasteiger charge is 2.31. The lowest BCUT2D eigenvalue weighted by molar-refractivity contribution is -0.00218. The van der Waals surface area contributed by atoms with E-state index in [0.717, 1.165) is 0 Å². The number of aromatic nitrogens is 1. The van der Waals surface area contributed by atoms with Crippen molar-refractivity contribution in [1.29, 1.82) is 0 Å². The Labute approximate surface area is 116 Å². The molecule has 1 aromatic heterocycles. The van der Waals surface area contributed by atoms with E-state index in [2.05, 4.69) is 4.98 Å². The summed E-state index contributed by atoms with van der Waals surface area (Å²) in [7, 11) is 0. The zero-order valence-electron chi connectivity index (χ0n) is 9.99. The molecule has 0 aromatic carbocycles. The summed E-state index contributed by atoms with van der Waals surface area (Å²) in [5.74, 6) is -0.238. The van der Waals surface area contributed by atoms with Crippen molar-refractivity contribution in [2.24, 2.45) is 0 Å². The van der Waals surface area contributed by atoms with Crippen molar-refractivity contribution in [2.45, 2.75) is 25.4 Å². The Hall–Kier alpha value is -0.840. The number of hydrogen-bond donors (Lipinski definition) is 1. The number of nitrogens with zero attached hydrogens (tertiary/aromatic N) is 2. The fourth-order valence-electron chi connectivity index (χ4n) is 1.91. The molecule has 0 aliphatic carbocycles. The van der Waals surface area contributed by atoms with Crippen LogP contribution in [0.1, 0.15) is 30.3 Å². The quantitative estimate of drug-likeness (QED) is 0.808. The Bertz CT molecular complexity index is 467. The average molecular weight is 289 g/mol. The van der Waals surface area contributed by atoms with Crippen molar-refractivity contribution in [3.05, 3.63) is 28.0 Å². The van der Waals surface area contributed by atoms with E-state index in [9.17, 15) is 9.90 Å². The monoisotopic (exact) mass is 288 g/mol. The van der Waals surface area contributed by atoms with Gasteiger partial charge in [-0.3, -0.25) is 4.79 Å². The largest absolute Gasteiger partial charge is 0.390 e. The molecule has 1 aliphatic heterocycles. The minimum absolute atomic E-state index is 0.172. The van der Waals surface area contributed by atoms with Crippen LogP contribution in [0.3, 0.4) is 0 Å². The van der Waals surface area contributed by atoms with Crippen molar-refractivity contribution in [3.8, 4) is 0 Å². The van der Waals surface area contributed by atoms with Crippen molar-refractivity contribution in [2.75, 3.05) is 13.1 Å². The zero-order chi connectivity index (χ0) is 13.3. The predicted molar refractivity (Wildman–Crippen MR) is 70.0 cm³/mol. The van der Waals surface area contributed by atoms with E-state index in [1.165, 1.54) is 0 Å². The zero-order valence-corrected chi connectivity index (χ0v) is 11.5. The summed E-state index contributed by atoms with van der Waals surface area (Å²) in [4.78, 5) is 17.8. The van der Waals surface area contributed by atoms with E-state index in [1.807, 2.05) is 0 Å². The molecule has 1 N–H and O–H groups in total. The average Bonchev–Trinajstić information content (AvgIpc) is 2.31. The van der Waals surface area contributed by atoms with Gasteiger partial charge in [-0.1, -0.05) is 23.2 Å². The number of rotatable bonds is 1. The molecule has 0 spiro atoms. The molecule has 0 bridgehead atoms. The third kappa shape index (κ3) is 2.94. The molecule has 2 heterocycles. The number of amides is 1. The van der Waals surface area contributed by atoms with Crippen LogP contribution in [0.4, 0.5) is 0 Å². The van der Waals surface area contributed by atoms with E-state index in [-0.39, 0.29) is 16.8 Å². The van der Waals surface area contributed by atoms with Crippen LogP contribution in [-0.4, -0.2) is 39.6 Å². The minimum atomic E-state index is -0.692. The maximum Gasteiger partial charge on any atom is 0.274 e. The van der Waals surface area contributed by atoms with E-state index < -0.39 is 5.60 Å². The lowest BCUT2D eigenvalue weighted by Crippen LogP contribution is -2.45. The van der Waals surface area contributed by atoms with Crippen LogP contribution in [-0.2, 0) is 0 Å². The van der Waals surface area contributed by atoms with Gasteiger partial charge in [-0.15, -0.1) is 0 Å². The Kier molecular flexibility index (Phi) is 3.80. The first-order valence-electron chi connectivity index (χ1n) is 5.73. The van der Waals surface area contributed by atoms with Gasteiger partial charge in [0, 0.05) is 13.1 Å². The third-order valence-electron chi connectivity index (χ3n) is 3.14. The molecule has 0 radical (unpaired) electrons. The molecule has 18 heavy (non-hydrogen) atoms. The highest BCUT2D eigenvalue weighted by atomic mass is 35.5. The number of carbonyl (C=O) groups excluding carboxylic acids is 1. The first-order chi connectivity index (χ1) is 8.39. The molecule has 1 aliphatic rings. The van der Waals surface area contributed by atoms with Gasteiger partial charge in [0.1, 0.15) is 10.8 Å².